The van der Waals surface area contributed by atoms with E-state index < -0.39 is 11.7 Å². The summed E-state index contributed by atoms with van der Waals surface area (Å²) in [7, 11) is 0. The van der Waals surface area contributed by atoms with E-state index in [9.17, 15) is 13.2 Å². The molecule has 0 fully saturated rings. The van der Waals surface area contributed by atoms with Crippen molar-refractivity contribution >= 4 is 23.0 Å². The zero-order chi connectivity index (χ0) is 17.6. The fraction of sp³-hybridized carbons (Fsp3) is 0.278. The molecule has 0 aliphatic carbocycles. The third-order valence-electron chi connectivity index (χ3n) is 3.50. The summed E-state index contributed by atoms with van der Waals surface area (Å²) >= 11 is 5.12. The highest BCUT2D eigenvalue weighted by atomic mass is 32.1. The molecule has 0 unspecified atom stereocenters. The number of benzene rings is 2. The maximum absolute atomic E-state index is 12.7. The zero-order valence-electron chi connectivity index (χ0n) is 13.3. The SMILES string of the molecule is Cc1ccc(CCCNC(=S)Nc2cccc(C(F)(F)F)c2)cc1. The Labute approximate surface area is 145 Å². The standard InChI is InChI=1S/C18H19F3N2S/c1-13-7-9-14(10-8-13)4-3-11-22-17(24)23-16-6-2-5-15(12-16)18(19,20)21/h2,5-10,12H,3-4,11H2,1H3,(H2,22,23,24). The van der Waals surface area contributed by atoms with Gasteiger partial charge in [-0.15, -0.1) is 0 Å². The molecular weight excluding hydrogens is 333 g/mol. The largest absolute Gasteiger partial charge is 0.416 e. The fourth-order valence-electron chi connectivity index (χ4n) is 2.20. The molecule has 0 atom stereocenters. The summed E-state index contributed by atoms with van der Waals surface area (Å²) in [5.74, 6) is 0. The Kier molecular flexibility index (Phi) is 6.20. The second-order valence-electron chi connectivity index (χ2n) is 5.55. The van der Waals surface area contributed by atoms with E-state index in [1.165, 1.54) is 17.2 Å². The maximum atomic E-state index is 12.7. The number of alkyl halides is 3. The van der Waals surface area contributed by atoms with Crippen molar-refractivity contribution in [1.82, 2.24) is 5.32 Å². The molecule has 2 aromatic rings. The van der Waals surface area contributed by atoms with Gasteiger partial charge in [-0.2, -0.15) is 13.2 Å². The third kappa shape index (κ3) is 5.85. The highest BCUT2D eigenvalue weighted by Gasteiger charge is 2.30. The first-order valence-electron chi connectivity index (χ1n) is 7.62. The van der Waals surface area contributed by atoms with Crippen molar-refractivity contribution in [2.24, 2.45) is 0 Å². The summed E-state index contributed by atoms with van der Waals surface area (Å²) in [6.07, 6.45) is -2.56. The number of rotatable bonds is 5. The summed E-state index contributed by atoms with van der Waals surface area (Å²) in [5.41, 5.74) is 2.10. The van der Waals surface area contributed by atoms with E-state index in [1.54, 1.807) is 6.07 Å². The van der Waals surface area contributed by atoms with Gasteiger partial charge < -0.3 is 10.6 Å². The monoisotopic (exact) mass is 352 g/mol. The first kappa shape index (κ1) is 18.3. The van der Waals surface area contributed by atoms with Gasteiger partial charge in [0.25, 0.3) is 0 Å². The molecule has 6 heteroatoms. The predicted molar refractivity (Wildman–Crippen MR) is 95.2 cm³/mol. The van der Waals surface area contributed by atoms with Gasteiger partial charge in [-0.25, -0.2) is 0 Å². The van der Waals surface area contributed by atoms with E-state index in [2.05, 4.69) is 34.9 Å². The van der Waals surface area contributed by atoms with Crippen LogP contribution in [-0.4, -0.2) is 11.7 Å². The lowest BCUT2D eigenvalue weighted by Gasteiger charge is -2.12. The van der Waals surface area contributed by atoms with Gasteiger partial charge in [-0.05, 0) is 55.7 Å². The molecule has 2 nitrogen and oxygen atoms in total. The molecule has 0 aliphatic heterocycles. The van der Waals surface area contributed by atoms with E-state index >= 15 is 0 Å². The Balaban J connectivity index is 1.76. The Morgan fingerprint density at radius 1 is 1.08 bits per heavy atom. The number of thiocarbonyl (C=S) groups is 1. The van der Waals surface area contributed by atoms with E-state index in [4.69, 9.17) is 12.2 Å². The van der Waals surface area contributed by atoms with Crippen molar-refractivity contribution in [2.75, 3.05) is 11.9 Å². The number of hydrogen-bond donors (Lipinski definition) is 2. The summed E-state index contributed by atoms with van der Waals surface area (Å²) in [4.78, 5) is 0. The van der Waals surface area contributed by atoms with E-state index in [1.807, 2.05) is 6.92 Å². The van der Waals surface area contributed by atoms with Crippen LogP contribution < -0.4 is 10.6 Å². The van der Waals surface area contributed by atoms with Gasteiger partial charge in [0.15, 0.2) is 5.11 Å². The summed E-state index contributed by atoms with van der Waals surface area (Å²) in [6.45, 7) is 2.70. The molecule has 24 heavy (non-hydrogen) atoms. The molecule has 0 saturated heterocycles. The number of anilines is 1. The van der Waals surface area contributed by atoms with E-state index in [0.717, 1.165) is 25.0 Å². The molecule has 0 saturated carbocycles. The minimum absolute atomic E-state index is 0.318. The van der Waals surface area contributed by atoms with Crippen molar-refractivity contribution < 1.29 is 13.2 Å². The van der Waals surface area contributed by atoms with Gasteiger partial charge in [-0.1, -0.05) is 35.9 Å². The Morgan fingerprint density at radius 3 is 2.46 bits per heavy atom. The van der Waals surface area contributed by atoms with Crippen LogP contribution in [0.3, 0.4) is 0 Å². The fourth-order valence-corrected chi connectivity index (χ4v) is 2.42. The van der Waals surface area contributed by atoms with Crippen molar-refractivity contribution in [3.8, 4) is 0 Å². The Bertz CT molecular complexity index is 681. The molecule has 2 N–H and O–H groups in total. The highest BCUT2D eigenvalue weighted by molar-refractivity contribution is 7.80. The molecule has 0 radical (unpaired) electrons. The second kappa shape index (κ2) is 8.15. The predicted octanol–water partition coefficient (Wildman–Crippen LogP) is 4.93. The van der Waals surface area contributed by atoms with Crippen LogP contribution in [0.15, 0.2) is 48.5 Å². The lowest BCUT2D eigenvalue weighted by molar-refractivity contribution is -0.137. The zero-order valence-corrected chi connectivity index (χ0v) is 14.1. The highest BCUT2D eigenvalue weighted by Crippen LogP contribution is 2.30. The molecule has 128 valence electrons. The van der Waals surface area contributed by atoms with Crippen LogP contribution in [0.2, 0.25) is 0 Å². The molecule has 2 rings (SSSR count). The van der Waals surface area contributed by atoms with Crippen LogP contribution in [0.1, 0.15) is 23.1 Å². The number of hydrogen-bond acceptors (Lipinski definition) is 1. The van der Waals surface area contributed by atoms with Gasteiger partial charge in [0.05, 0.1) is 5.56 Å². The molecule has 0 heterocycles. The van der Waals surface area contributed by atoms with Crippen LogP contribution in [0, 0.1) is 6.92 Å². The van der Waals surface area contributed by atoms with Gasteiger partial charge in [0, 0.05) is 12.2 Å². The van der Waals surface area contributed by atoms with Crippen LogP contribution in [-0.2, 0) is 12.6 Å². The van der Waals surface area contributed by atoms with Crippen molar-refractivity contribution in [3.05, 3.63) is 65.2 Å². The summed E-state index contributed by atoms with van der Waals surface area (Å²) < 4.78 is 38.0. The minimum atomic E-state index is -4.36. The van der Waals surface area contributed by atoms with Crippen molar-refractivity contribution in [3.63, 3.8) is 0 Å². The minimum Gasteiger partial charge on any atom is -0.362 e. The van der Waals surface area contributed by atoms with Crippen LogP contribution in [0.25, 0.3) is 0 Å². The second-order valence-corrected chi connectivity index (χ2v) is 5.96. The average Bonchev–Trinajstić information content (AvgIpc) is 2.53. The lowest BCUT2D eigenvalue weighted by Crippen LogP contribution is -2.29. The maximum Gasteiger partial charge on any atom is 0.416 e. The molecule has 0 aliphatic rings. The molecule has 0 spiro atoms. The average molecular weight is 352 g/mol. The Morgan fingerprint density at radius 2 is 1.79 bits per heavy atom. The van der Waals surface area contributed by atoms with Crippen LogP contribution in [0.5, 0.6) is 0 Å². The van der Waals surface area contributed by atoms with E-state index in [-0.39, 0.29) is 0 Å². The van der Waals surface area contributed by atoms with Gasteiger partial charge in [-0.3, -0.25) is 0 Å². The number of nitrogens with one attached hydrogen (secondary N) is 2. The van der Waals surface area contributed by atoms with Crippen LogP contribution >= 0.6 is 12.2 Å². The van der Waals surface area contributed by atoms with Gasteiger partial charge in [0.1, 0.15) is 0 Å². The molecule has 2 aromatic carbocycles. The number of aryl methyl sites for hydroxylation is 2. The smallest absolute Gasteiger partial charge is 0.362 e. The topological polar surface area (TPSA) is 24.1 Å². The van der Waals surface area contributed by atoms with Gasteiger partial charge in [0.2, 0.25) is 0 Å². The van der Waals surface area contributed by atoms with Crippen LogP contribution in [0.4, 0.5) is 18.9 Å². The lowest BCUT2D eigenvalue weighted by atomic mass is 10.1. The molecule has 0 aromatic heterocycles. The normalized spacial score (nSPS) is 11.2. The number of halogens is 3. The van der Waals surface area contributed by atoms with Crippen molar-refractivity contribution in [2.45, 2.75) is 25.9 Å². The summed E-state index contributed by atoms with van der Waals surface area (Å²) in [5, 5.41) is 6.11. The molecule has 0 amide bonds. The van der Waals surface area contributed by atoms with Gasteiger partial charge >= 0.3 is 6.18 Å². The summed E-state index contributed by atoms with van der Waals surface area (Å²) in [6, 6.07) is 13.3. The molecule has 0 bridgehead atoms. The van der Waals surface area contributed by atoms with Crippen molar-refractivity contribution in [1.29, 1.82) is 0 Å². The first-order chi connectivity index (χ1) is 11.3. The third-order valence-corrected chi connectivity index (χ3v) is 3.74. The Hall–Kier alpha value is -2.08. The molecular formula is C18H19F3N2S. The first-order valence-corrected chi connectivity index (χ1v) is 8.03. The van der Waals surface area contributed by atoms with E-state index in [0.29, 0.717) is 17.3 Å². The quantitative estimate of drug-likeness (QED) is 0.589.